The molecule has 2 aromatic rings. The van der Waals surface area contributed by atoms with Crippen molar-refractivity contribution in [2.24, 2.45) is 0 Å². The smallest absolute Gasteiger partial charge is 0.289 e. The Morgan fingerprint density at radius 2 is 1.88 bits per heavy atom. The molecule has 1 fully saturated rings. The summed E-state index contributed by atoms with van der Waals surface area (Å²) in [5.41, 5.74) is 0.370. The summed E-state index contributed by atoms with van der Waals surface area (Å²) in [7, 11) is 1.46. The maximum atomic E-state index is 12.5. The summed E-state index contributed by atoms with van der Waals surface area (Å²) in [5, 5.41) is 3.53. The van der Waals surface area contributed by atoms with Gasteiger partial charge in [-0.15, -0.1) is 0 Å². The average Bonchev–Trinajstić information content (AvgIpc) is 3.16. The van der Waals surface area contributed by atoms with Crippen LogP contribution in [0.4, 0.5) is 0 Å². The minimum atomic E-state index is -0.257. The Hall–Kier alpha value is -2.18. The third-order valence-corrected chi connectivity index (χ3v) is 4.88. The van der Waals surface area contributed by atoms with E-state index < -0.39 is 0 Å². The second-order valence-corrected chi connectivity index (χ2v) is 6.80. The second-order valence-electron chi connectivity index (χ2n) is 5.99. The Morgan fingerprint density at radius 1 is 1.23 bits per heavy atom. The summed E-state index contributed by atoms with van der Waals surface area (Å²) >= 11 is 12.2. The number of hydrogen-bond acceptors (Lipinski definition) is 4. The minimum absolute atomic E-state index is 0.0252. The van der Waals surface area contributed by atoms with Gasteiger partial charge >= 0.3 is 0 Å². The topological polar surface area (TPSA) is 71.8 Å². The monoisotopic (exact) mass is 396 g/mol. The van der Waals surface area contributed by atoms with Crippen LogP contribution in [0.25, 0.3) is 0 Å². The first-order valence-corrected chi connectivity index (χ1v) is 8.92. The number of rotatable bonds is 4. The number of carbonyl (C=O) groups excluding carboxylic acids is 2. The number of ether oxygens (including phenoxy) is 1. The lowest BCUT2D eigenvalue weighted by molar-refractivity contribution is 0.0667. The number of nitrogens with one attached hydrogen (secondary N) is 1. The lowest BCUT2D eigenvalue weighted by atomic mass is 10.0. The third-order valence-electron chi connectivity index (χ3n) is 4.31. The van der Waals surface area contributed by atoms with Crippen molar-refractivity contribution in [3.63, 3.8) is 0 Å². The van der Waals surface area contributed by atoms with Gasteiger partial charge in [-0.3, -0.25) is 9.59 Å². The average molecular weight is 397 g/mol. The predicted octanol–water partition coefficient (Wildman–Crippen LogP) is 3.63. The Labute approximate surface area is 161 Å². The highest BCUT2D eigenvalue weighted by molar-refractivity contribution is 6.37. The van der Waals surface area contributed by atoms with Crippen molar-refractivity contribution in [2.45, 2.75) is 18.9 Å². The van der Waals surface area contributed by atoms with Crippen molar-refractivity contribution in [2.75, 3.05) is 20.2 Å². The molecule has 1 aliphatic heterocycles. The lowest BCUT2D eigenvalue weighted by Gasteiger charge is -2.31. The number of nitrogens with zero attached hydrogens (tertiary/aromatic N) is 1. The fourth-order valence-electron chi connectivity index (χ4n) is 2.94. The van der Waals surface area contributed by atoms with Crippen LogP contribution in [0.15, 0.2) is 34.9 Å². The standard InChI is InChI=1S/C18H18Cl2N2O4/c1-25-16-13(19)9-11(10-14(16)20)17(23)21-12-4-6-22(7-5-12)18(24)15-3-2-8-26-15/h2-3,8-10,12H,4-7H2,1H3,(H,21,23). The van der Waals surface area contributed by atoms with Gasteiger partial charge in [0.2, 0.25) is 0 Å². The molecule has 1 aliphatic rings. The molecule has 3 rings (SSSR count). The van der Waals surface area contributed by atoms with Crippen LogP contribution in [0.2, 0.25) is 10.0 Å². The number of carbonyl (C=O) groups is 2. The van der Waals surface area contributed by atoms with Crippen molar-refractivity contribution in [3.8, 4) is 5.75 Å². The van der Waals surface area contributed by atoms with Gasteiger partial charge in [-0.25, -0.2) is 0 Å². The van der Waals surface area contributed by atoms with Crippen LogP contribution in [0.5, 0.6) is 5.75 Å². The van der Waals surface area contributed by atoms with Crippen molar-refractivity contribution in [1.82, 2.24) is 10.2 Å². The summed E-state index contributed by atoms with van der Waals surface area (Å²) < 4.78 is 10.2. The van der Waals surface area contributed by atoms with E-state index in [1.807, 2.05) is 0 Å². The lowest BCUT2D eigenvalue weighted by Crippen LogP contribution is -2.46. The van der Waals surface area contributed by atoms with Crippen molar-refractivity contribution in [1.29, 1.82) is 0 Å². The summed E-state index contributed by atoms with van der Waals surface area (Å²) in [6.07, 6.45) is 2.80. The Balaban J connectivity index is 1.58. The highest BCUT2D eigenvalue weighted by Crippen LogP contribution is 2.33. The van der Waals surface area contributed by atoms with Crippen LogP contribution in [-0.4, -0.2) is 43.0 Å². The summed E-state index contributed by atoms with van der Waals surface area (Å²) in [6, 6.07) is 6.36. The molecule has 0 saturated carbocycles. The molecular weight excluding hydrogens is 379 g/mol. The van der Waals surface area contributed by atoms with E-state index in [-0.39, 0.29) is 27.9 Å². The number of halogens is 2. The van der Waals surface area contributed by atoms with Crippen LogP contribution < -0.4 is 10.1 Å². The molecule has 1 N–H and O–H groups in total. The molecule has 0 bridgehead atoms. The molecule has 0 aliphatic carbocycles. The third kappa shape index (κ3) is 3.97. The van der Waals surface area contributed by atoms with Crippen LogP contribution >= 0.6 is 23.2 Å². The highest BCUT2D eigenvalue weighted by Gasteiger charge is 2.26. The van der Waals surface area contributed by atoms with Crippen molar-refractivity contribution < 1.29 is 18.7 Å². The second kappa shape index (κ2) is 8.01. The molecule has 6 nitrogen and oxygen atoms in total. The molecule has 0 spiro atoms. The van der Waals surface area contributed by atoms with Crippen LogP contribution in [0.1, 0.15) is 33.8 Å². The number of hydrogen-bond donors (Lipinski definition) is 1. The van der Waals surface area contributed by atoms with E-state index >= 15 is 0 Å². The zero-order valence-electron chi connectivity index (χ0n) is 14.1. The molecule has 8 heteroatoms. The zero-order chi connectivity index (χ0) is 18.7. The molecule has 1 aromatic heterocycles. The fraction of sp³-hybridized carbons (Fsp3) is 0.333. The van der Waals surface area contributed by atoms with Gasteiger partial charge in [0.25, 0.3) is 11.8 Å². The Kier molecular flexibility index (Phi) is 5.74. The molecule has 1 aromatic carbocycles. The molecule has 2 amide bonds. The van der Waals surface area contributed by atoms with Crippen LogP contribution in [0.3, 0.4) is 0 Å². The van der Waals surface area contributed by atoms with Gasteiger partial charge in [-0.05, 0) is 37.1 Å². The van der Waals surface area contributed by atoms with E-state index in [9.17, 15) is 9.59 Å². The van der Waals surface area contributed by atoms with Gasteiger partial charge in [-0.1, -0.05) is 23.2 Å². The maximum Gasteiger partial charge on any atom is 0.289 e. The Morgan fingerprint density at radius 3 is 2.42 bits per heavy atom. The molecule has 0 unspecified atom stereocenters. The quantitative estimate of drug-likeness (QED) is 0.856. The number of piperidine rings is 1. The number of amides is 2. The molecule has 2 heterocycles. The van der Waals surface area contributed by atoms with E-state index in [0.717, 1.165) is 0 Å². The van der Waals surface area contributed by atoms with Crippen molar-refractivity contribution >= 4 is 35.0 Å². The van der Waals surface area contributed by atoms with E-state index in [1.165, 1.54) is 25.5 Å². The number of likely N-dealkylation sites (tertiary alicyclic amines) is 1. The normalized spacial score (nSPS) is 15.0. The van der Waals surface area contributed by atoms with E-state index in [2.05, 4.69) is 5.32 Å². The molecule has 138 valence electrons. The number of methoxy groups -OCH3 is 1. The Bertz CT molecular complexity index is 777. The minimum Gasteiger partial charge on any atom is -0.494 e. The van der Waals surface area contributed by atoms with E-state index in [1.54, 1.807) is 17.0 Å². The number of furan rings is 1. The summed E-state index contributed by atoms with van der Waals surface area (Å²) in [4.78, 5) is 26.4. The van der Waals surface area contributed by atoms with Gasteiger partial charge in [0.15, 0.2) is 11.5 Å². The molecule has 26 heavy (non-hydrogen) atoms. The van der Waals surface area contributed by atoms with Gasteiger partial charge < -0.3 is 19.4 Å². The summed E-state index contributed by atoms with van der Waals surface area (Å²) in [5.74, 6) is 0.283. The van der Waals surface area contributed by atoms with Crippen LogP contribution in [0, 0.1) is 0 Å². The number of benzene rings is 1. The molecule has 1 saturated heterocycles. The van der Waals surface area contributed by atoms with Gasteiger partial charge in [-0.2, -0.15) is 0 Å². The first kappa shape index (κ1) is 18.6. The van der Waals surface area contributed by atoms with Gasteiger partial charge in [0, 0.05) is 24.7 Å². The van der Waals surface area contributed by atoms with Crippen LogP contribution in [-0.2, 0) is 0 Å². The first-order chi connectivity index (χ1) is 12.5. The SMILES string of the molecule is COc1c(Cl)cc(C(=O)NC2CCN(C(=O)c3ccco3)CC2)cc1Cl. The first-order valence-electron chi connectivity index (χ1n) is 8.16. The van der Waals surface area contributed by atoms with E-state index in [4.69, 9.17) is 32.4 Å². The van der Waals surface area contributed by atoms with Gasteiger partial charge in [0.05, 0.1) is 23.4 Å². The maximum absolute atomic E-state index is 12.5. The largest absolute Gasteiger partial charge is 0.494 e. The molecule has 0 atom stereocenters. The molecule has 0 radical (unpaired) electrons. The zero-order valence-corrected chi connectivity index (χ0v) is 15.6. The summed E-state index contributed by atoms with van der Waals surface area (Å²) in [6.45, 7) is 1.10. The van der Waals surface area contributed by atoms with Gasteiger partial charge in [0.1, 0.15) is 0 Å². The van der Waals surface area contributed by atoms with Crippen molar-refractivity contribution in [3.05, 3.63) is 51.9 Å². The predicted molar refractivity (Wildman–Crippen MR) is 98.1 cm³/mol. The van der Waals surface area contributed by atoms with E-state index in [0.29, 0.717) is 43.0 Å². The fourth-order valence-corrected chi connectivity index (χ4v) is 3.58. The molecular formula is C18H18Cl2N2O4. The highest BCUT2D eigenvalue weighted by atomic mass is 35.5.